The minimum atomic E-state index is -0.715. The predicted octanol–water partition coefficient (Wildman–Crippen LogP) is 2.06. The Morgan fingerprint density at radius 2 is 2.35 bits per heavy atom. The number of hydrogen-bond donors (Lipinski definition) is 2. The monoisotopic (exact) mass is 269 g/mol. The van der Waals surface area contributed by atoms with Gasteiger partial charge in [0, 0.05) is 35.0 Å². The van der Waals surface area contributed by atoms with E-state index in [2.05, 4.69) is 10.3 Å². The summed E-state index contributed by atoms with van der Waals surface area (Å²) >= 11 is 1.59. The first-order valence-electron chi connectivity index (χ1n) is 5.35. The van der Waals surface area contributed by atoms with Crippen LogP contribution in [-0.2, 0) is 10.8 Å². The predicted molar refractivity (Wildman–Crippen MR) is 76.1 cm³/mol. The summed E-state index contributed by atoms with van der Waals surface area (Å²) < 4.78 is 12.0. The molecule has 1 heterocycles. The molecular formula is C11H15N3OS2. The Hall–Kier alpha value is -1.14. The number of anilines is 2. The quantitative estimate of drug-likeness (QED) is 0.644. The van der Waals surface area contributed by atoms with Gasteiger partial charge in [0.15, 0.2) is 5.13 Å². The summed E-state index contributed by atoms with van der Waals surface area (Å²) in [5.41, 5.74) is 7.43. The van der Waals surface area contributed by atoms with Crippen molar-refractivity contribution in [1.29, 1.82) is 0 Å². The van der Waals surface area contributed by atoms with Gasteiger partial charge in [0.25, 0.3) is 0 Å². The highest BCUT2D eigenvalue weighted by atomic mass is 32.2. The molecule has 0 spiro atoms. The first kappa shape index (κ1) is 12.3. The lowest BCUT2D eigenvalue weighted by atomic mass is 10.3. The summed E-state index contributed by atoms with van der Waals surface area (Å²) in [5.74, 6) is 0.727. The average Bonchev–Trinajstić information content (AvgIpc) is 2.66. The summed E-state index contributed by atoms with van der Waals surface area (Å²) in [6.07, 6.45) is 2.61. The molecule has 0 aliphatic rings. The second-order valence-electron chi connectivity index (χ2n) is 3.80. The minimum Gasteiger partial charge on any atom is -0.399 e. The van der Waals surface area contributed by atoms with E-state index in [0.29, 0.717) is 0 Å². The van der Waals surface area contributed by atoms with E-state index in [9.17, 15) is 4.21 Å². The van der Waals surface area contributed by atoms with Crippen molar-refractivity contribution >= 4 is 43.2 Å². The zero-order chi connectivity index (χ0) is 12.3. The molecule has 0 amide bonds. The van der Waals surface area contributed by atoms with Crippen LogP contribution in [0.2, 0.25) is 0 Å². The van der Waals surface area contributed by atoms with Gasteiger partial charge in [0.05, 0.1) is 10.2 Å². The molecule has 0 saturated heterocycles. The Labute approximate surface area is 107 Å². The van der Waals surface area contributed by atoms with Crippen LogP contribution in [-0.4, -0.2) is 27.7 Å². The molecule has 0 bridgehead atoms. The van der Waals surface area contributed by atoms with E-state index < -0.39 is 10.8 Å². The molecule has 2 aromatic rings. The van der Waals surface area contributed by atoms with Crippen LogP contribution in [0.15, 0.2) is 18.2 Å². The van der Waals surface area contributed by atoms with Crippen LogP contribution in [0.25, 0.3) is 10.2 Å². The number of nitrogens with zero attached hydrogens (tertiary/aromatic N) is 1. The minimum absolute atomic E-state index is 0.715. The summed E-state index contributed by atoms with van der Waals surface area (Å²) in [6, 6.07) is 5.71. The van der Waals surface area contributed by atoms with Crippen molar-refractivity contribution in [3.05, 3.63) is 18.2 Å². The molecule has 2 rings (SSSR count). The highest BCUT2D eigenvalue weighted by Crippen LogP contribution is 2.27. The van der Waals surface area contributed by atoms with Crippen molar-refractivity contribution in [3.8, 4) is 0 Å². The summed E-state index contributed by atoms with van der Waals surface area (Å²) in [4.78, 5) is 4.45. The van der Waals surface area contributed by atoms with Gasteiger partial charge in [0.1, 0.15) is 0 Å². The molecule has 0 aliphatic heterocycles. The fraction of sp³-hybridized carbons (Fsp3) is 0.364. The fourth-order valence-corrected chi connectivity index (χ4v) is 2.98. The van der Waals surface area contributed by atoms with Crippen molar-refractivity contribution < 1.29 is 4.21 Å². The number of nitrogens with one attached hydrogen (secondary N) is 1. The summed E-state index contributed by atoms with van der Waals surface area (Å²) in [5, 5.41) is 4.14. The van der Waals surface area contributed by atoms with E-state index in [1.807, 2.05) is 18.2 Å². The van der Waals surface area contributed by atoms with Crippen LogP contribution < -0.4 is 11.1 Å². The van der Waals surface area contributed by atoms with E-state index in [0.717, 1.165) is 39.8 Å². The van der Waals surface area contributed by atoms with Crippen LogP contribution in [0, 0.1) is 0 Å². The molecule has 1 unspecified atom stereocenters. The Bertz CT molecular complexity index is 538. The Morgan fingerprint density at radius 3 is 3.12 bits per heavy atom. The van der Waals surface area contributed by atoms with E-state index in [1.54, 1.807) is 17.6 Å². The molecule has 0 saturated carbocycles. The Kier molecular flexibility index (Phi) is 3.96. The summed E-state index contributed by atoms with van der Waals surface area (Å²) in [6.45, 7) is 0.800. The summed E-state index contributed by atoms with van der Waals surface area (Å²) in [7, 11) is -0.715. The lowest BCUT2D eigenvalue weighted by Gasteiger charge is -1.99. The van der Waals surface area contributed by atoms with Crippen molar-refractivity contribution in [2.75, 3.05) is 29.6 Å². The molecule has 1 atom stereocenters. The Morgan fingerprint density at radius 1 is 1.53 bits per heavy atom. The molecule has 0 fully saturated rings. The van der Waals surface area contributed by atoms with E-state index in [4.69, 9.17) is 5.73 Å². The van der Waals surface area contributed by atoms with Crippen LogP contribution in [0.5, 0.6) is 0 Å². The molecule has 3 N–H and O–H groups in total. The van der Waals surface area contributed by atoms with Crippen LogP contribution in [0.4, 0.5) is 10.8 Å². The van der Waals surface area contributed by atoms with Crippen molar-refractivity contribution in [1.82, 2.24) is 4.98 Å². The second kappa shape index (κ2) is 5.46. The topological polar surface area (TPSA) is 68.0 Å². The second-order valence-corrected chi connectivity index (χ2v) is 6.39. The average molecular weight is 269 g/mol. The van der Waals surface area contributed by atoms with Crippen molar-refractivity contribution in [3.63, 3.8) is 0 Å². The van der Waals surface area contributed by atoms with Gasteiger partial charge in [-0.15, -0.1) is 0 Å². The number of rotatable bonds is 5. The van der Waals surface area contributed by atoms with Crippen LogP contribution in [0.3, 0.4) is 0 Å². The van der Waals surface area contributed by atoms with Crippen LogP contribution >= 0.6 is 11.3 Å². The zero-order valence-corrected chi connectivity index (χ0v) is 11.2. The van der Waals surface area contributed by atoms with Gasteiger partial charge >= 0.3 is 0 Å². The molecule has 92 valence electrons. The number of fused-ring (bicyclic) bond motifs is 1. The molecule has 1 aromatic carbocycles. The number of nitrogen functional groups attached to an aromatic ring is 1. The van der Waals surface area contributed by atoms with Gasteiger partial charge in [-0.3, -0.25) is 4.21 Å². The number of thiazole rings is 1. The lowest BCUT2D eigenvalue weighted by Crippen LogP contribution is -2.05. The third-order valence-corrected chi connectivity index (χ3v) is 4.14. The van der Waals surface area contributed by atoms with E-state index >= 15 is 0 Å². The third-order valence-electron chi connectivity index (χ3n) is 2.30. The van der Waals surface area contributed by atoms with E-state index in [1.165, 1.54) is 0 Å². The first-order chi connectivity index (χ1) is 8.15. The molecule has 1 aromatic heterocycles. The molecule has 6 heteroatoms. The maximum atomic E-state index is 10.9. The molecule has 4 nitrogen and oxygen atoms in total. The maximum absolute atomic E-state index is 10.9. The molecule has 17 heavy (non-hydrogen) atoms. The normalized spacial score (nSPS) is 12.8. The maximum Gasteiger partial charge on any atom is 0.183 e. The molecular weight excluding hydrogens is 254 g/mol. The molecule has 0 radical (unpaired) electrons. The highest BCUT2D eigenvalue weighted by molar-refractivity contribution is 7.84. The van der Waals surface area contributed by atoms with Gasteiger partial charge in [-0.1, -0.05) is 11.3 Å². The third kappa shape index (κ3) is 3.41. The highest BCUT2D eigenvalue weighted by Gasteiger charge is 2.03. The first-order valence-corrected chi connectivity index (χ1v) is 7.89. The number of aromatic nitrogens is 1. The van der Waals surface area contributed by atoms with Crippen molar-refractivity contribution in [2.24, 2.45) is 0 Å². The van der Waals surface area contributed by atoms with Gasteiger partial charge in [0.2, 0.25) is 0 Å². The number of hydrogen-bond acceptors (Lipinski definition) is 5. The fourth-order valence-electron chi connectivity index (χ4n) is 1.49. The zero-order valence-electron chi connectivity index (χ0n) is 9.60. The van der Waals surface area contributed by atoms with Gasteiger partial charge < -0.3 is 11.1 Å². The van der Waals surface area contributed by atoms with Gasteiger partial charge in [-0.25, -0.2) is 4.98 Å². The van der Waals surface area contributed by atoms with E-state index in [-0.39, 0.29) is 0 Å². The largest absolute Gasteiger partial charge is 0.399 e. The SMILES string of the molecule is CS(=O)CCCNc1nc2ccc(N)cc2s1. The van der Waals surface area contributed by atoms with Gasteiger partial charge in [-0.2, -0.15) is 0 Å². The van der Waals surface area contributed by atoms with Gasteiger partial charge in [-0.05, 0) is 24.6 Å². The smallest absolute Gasteiger partial charge is 0.183 e. The Balaban J connectivity index is 1.97. The standard InChI is InChI=1S/C11H15N3OS2/c1-17(15)6-2-5-13-11-14-9-4-3-8(12)7-10(9)16-11/h3-4,7H,2,5-6,12H2,1H3,(H,13,14). The lowest BCUT2D eigenvalue weighted by molar-refractivity contribution is 0.685. The van der Waals surface area contributed by atoms with Crippen LogP contribution in [0.1, 0.15) is 6.42 Å². The number of benzene rings is 1. The molecule has 0 aliphatic carbocycles. The number of nitrogens with two attached hydrogens (primary N) is 1. The van der Waals surface area contributed by atoms with Crippen molar-refractivity contribution in [2.45, 2.75) is 6.42 Å².